The van der Waals surface area contributed by atoms with Crippen molar-refractivity contribution >= 4 is 16.8 Å². The summed E-state index contributed by atoms with van der Waals surface area (Å²) >= 11 is 0. The van der Waals surface area contributed by atoms with Crippen molar-refractivity contribution in [2.24, 2.45) is 0 Å². The minimum atomic E-state index is -0.424. The van der Waals surface area contributed by atoms with Crippen molar-refractivity contribution in [2.45, 2.75) is 44.1 Å². The van der Waals surface area contributed by atoms with Gasteiger partial charge in [0.2, 0.25) is 0 Å². The molecule has 2 aromatic rings. The van der Waals surface area contributed by atoms with Gasteiger partial charge in [0.25, 0.3) is 0 Å². The van der Waals surface area contributed by atoms with Crippen LogP contribution >= 0.6 is 0 Å². The van der Waals surface area contributed by atoms with Gasteiger partial charge in [-0.3, -0.25) is 4.79 Å². The summed E-state index contributed by atoms with van der Waals surface area (Å²) in [6, 6.07) is 6.37. The van der Waals surface area contributed by atoms with Crippen LogP contribution in [0.1, 0.15) is 49.1 Å². The lowest BCUT2D eigenvalue weighted by Gasteiger charge is -2.36. The standard InChI is InChI=1S/C17H20FNO2/c1-19-17(8-3-2-4-9-17)11-14(20)15-10-12-6-5-7-13(18)16(12)21-15/h5-7,10,19H,2-4,8-9,11H2,1H3. The fraction of sp³-hybridized carbons (Fsp3) is 0.471. The van der Waals surface area contributed by atoms with E-state index in [0.29, 0.717) is 11.8 Å². The van der Waals surface area contributed by atoms with Crippen LogP contribution in [-0.4, -0.2) is 18.4 Å². The van der Waals surface area contributed by atoms with Crippen LogP contribution in [0.25, 0.3) is 11.0 Å². The summed E-state index contributed by atoms with van der Waals surface area (Å²) < 4.78 is 19.1. The third-order valence-electron chi connectivity index (χ3n) is 4.61. The summed E-state index contributed by atoms with van der Waals surface area (Å²) in [6.45, 7) is 0. The third kappa shape index (κ3) is 2.72. The van der Waals surface area contributed by atoms with E-state index in [1.54, 1.807) is 18.2 Å². The molecule has 3 rings (SSSR count). The van der Waals surface area contributed by atoms with Crippen molar-refractivity contribution in [2.75, 3.05) is 7.05 Å². The van der Waals surface area contributed by atoms with Crippen LogP contribution in [0.5, 0.6) is 0 Å². The summed E-state index contributed by atoms with van der Waals surface area (Å²) in [5, 5.41) is 3.97. The largest absolute Gasteiger partial charge is 0.450 e. The Morgan fingerprint density at radius 1 is 1.33 bits per heavy atom. The fourth-order valence-electron chi connectivity index (χ4n) is 3.30. The number of nitrogens with one attached hydrogen (secondary N) is 1. The first-order valence-electron chi connectivity index (χ1n) is 7.54. The highest BCUT2D eigenvalue weighted by atomic mass is 19.1. The Hall–Kier alpha value is -1.68. The zero-order valence-electron chi connectivity index (χ0n) is 12.2. The first-order valence-corrected chi connectivity index (χ1v) is 7.54. The van der Waals surface area contributed by atoms with Gasteiger partial charge in [0.05, 0.1) is 0 Å². The molecule has 0 radical (unpaired) electrons. The zero-order valence-corrected chi connectivity index (χ0v) is 12.2. The minimum absolute atomic E-state index is 0.0538. The van der Waals surface area contributed by atoms with Gasteiger partial charge in [0, 0.05) is 17.3 Å². The van der Waals surface area contributed by atoms with Crippen LogP contribution in [-0.2, 0) is 0 Å². The van der Waals surface area contributed by atoms with Crippen molar-refractivity contribution in [1.82, 2.24) is 5.32 Å². The lowest BCUT2D eigenvalue weighted by atomic mass is 9.78. The summed E-state index contributed by atoms with van der Waals surface area (Å²) in [6.07, 6.45) is 5.93. The van der Waals surface area contributed by atoms with Crippen LogP contribution in [0, 0.1) is 5.82 Å². The summed E-state index contributed by atoms with van der Waals surface area (Å²) in [5.74, 6) is -0.218. The number of fused-ring (bicyclic) bond motifs is 1. The molecule has 1 aliphatic carbocycles. The van der Waals surface area contributed by atoms with Gasteiger partial charge in [-0.1, -0.05) is 31.4 Å². The maximum Gasteiger partial charge on any atom is 0.199 e. The van der Waals surface area contributed by atoms with Crippen molar-refractivity contribution in [1.29, 1.82) is 0 Å². The Morgan fingerprint density at radius 2 is 2.10 bits per heavy atom. The molecule has 21 heavy (non-hydrogen) atoms. The van der Waals surface area contributed by atoms with E-state index in [4.69, 9.17) is 4.42 Å². The number of carbonyl (C=O) groups is 1. The second kappa shape index (κ2) is 5.60. The molecule has 1 fully saturated rings. The van der Waals surface area contributed by atoms with Crippen molar-refractivity contribution in [3.63, 3.8) is 0 Å². The molecule has 1 N–H and O–H groups in total. The first-order chi connectivity index (χ1) is 10.1. The number of furan rings is 1. The Balaban J connectivity index is 1.84. The van der Waals surface area contributed by atoms with Gasteiger partial charge in [0.15, 0.2) is 22.9 Å². The average Bonchev–Trinajstić information content (AvgIpc) is 2.94. The van der Waals surface area contributed by atoms with E-state index in [1.807, 2.05) is 7.05 Å². The molecule has 0 bridgehead atoms. The molecule has 0 atom stereocenters. The molecular formula is C17H20FNO2. The summed E-state index contributed by atoms with van der Waals surface area (Å²) in [7, 11) is 1.91. The normalized spacial score (nSPS) is 18.0. The molecular weight excluding hydrogens is 269 g/mol. The van der Waals surface area contributed by atoms with E-state index in [2.05, 4.69) is 5.32 Å². The van der Waals surface area contributed by atoms with E-state index in [0.717, 1.165) is 25.7 Å². The van der Waals surface area contributed by atoms with Crippen LogP contribution in [0.2, 0.25) is 0 Å². The predicted molar refractivity (Wildman–Crippen MR) is 80.0 cm³/mol. The minimum Gasteiger partial charge on any atom is -0.450 e. The molecule has 3 nitrogen and oxygen atoms in total. The lowest BCUT2D eigenvalue weighted by molar-refractivity contribution is 0.0889. The number of carbonyl (C=O) groups excluding carboxylic acids is 1. The van der Waals surface area contributed by atoms with Crippen LogP contribution < -0.4 is 5.32 Å². The van der Waals surface area contributed by atoms with E-state index in [1.165, 1.54) is 12.5 Å². The highest BCUT2D eigenvalue weighted by molar-refractivity contribution is 5.98. The molecule has 1 aromatic heterocycles. The number of rotatable bonds is 4. The Kier molecular flexibility index (Phi) is 3.81. The number of hydrogen-bond donors (Lipinski definition) is 1. The van der Waals surface area contributed by atoms with E-state index in [-0.39, 0.29) is 22.7 Å². The number of para-hydroxylation sites is 1. The van der Waals surface area contributed by atoms with Crippen LogP contribution in [0.3, 0.4) is 0 Å². The Morgan fingerprint density at radius 3 is 2.76 bits per heavy atom. The van der Waals surface area contributed by atoms with Crippen LogP contribution in [0.4, 0.5) is 4.39 Å². The number of ketones is 1. The van der Waals surface area contributed by atoms with Crippen molar-refractivity contribution < 1.29 is 13.6 Å². The first kappa shape index (κ1) is 14.3. The monoisotopic (exact) mass is 289 g/mol. The fourth-order valence-corrected chi connectivity index (χ4v) is 3.30. The van der Waals surface area contributed by atoms with Crippen molar-refractivity contribution in [3.8, 4) is 0 Å². The van der Waals surface area contributed by atoms with Gasteiger partial charge >= 0.3 is 0 Å². The van der Waals surface area contributed by atoms with Gasteiger partial charge in [-0.15, -0.1) is 0 Å². The molecule has 0 amide bonds. The van der Waals surface area contributed by atoms with Gasteiger partial charge in [0.1, 0.15) is 0 Å². The van der Waals surface area contributed by atoms with E-state index < -0.39 is 5.82 Å². The number of Topliss-reactive ketones (excluding diaryl/α,β-unsaturated/α-hetero) is 1. The van der Waals surface area contributed by atoms with Gasteiger partial charge in [-0.05, 0) is 32.0 Å². The molecule has 0 unspecified atom stereocenters. The molecule has 1 aromatic carbocycles. The van der Waals surface area contributed by atoms with Crippen molar-refractivity contribution in [3.05, 3.63) is 35.8 Å². The lowest BCUT2D eigenvalue weighted by Crippen LogP contribution is -2.46. The predicted octanol–water partition coefficient (Wildman–Crippen LogP) is 4.07. The topological polar surface area (TPSA) is 42.2 Å². The highest BCUT2D eigenvalue weighted by Crippen LogP contribution is 2.32. The second-order valence-electron chi connectivity index (χ2n) is 5.96. The summed E-state index contributed by atoms with van der Waals surface area (Å²) in [5.41, 5.74) is 0.0374. The molecule has 0 aliphatic heterocycles. The highest BCUT2D eigenvalue weighted by Gasteiger charge is 2.33. The van der Waals surface area contributed by atoms with Gasteiger partial charge in [-0.2, -0.15) is 0 Å². The third-order valence-corrected chi connectivity index (χ3v) is 4.61. The van der Waals surface area contributed by atoms with Gasteiger partial charge in [-0.25, -0.2) is 4.39 Å². The maximum atomic E-state index is 13.6. The molecule has 0 spiro atoms. The molecule has 1 heterocycles. The smallest absolute Gasteiger partial charge is 0.199 e. The zero-order chi connectivity index (χ0) is 14.9. The number of halogens is 1. The Bertz CT molecular complexity index is 656. The second-order valence-corrected chi connectivity index (χ2v) is 5.96. The quantitative estimate of drug-likeness (QED) is 0.863. The van der Waals surface area contributed by atoms with E-state index in [9.17, 15) is 9.18 Å². The van der Waals surface area contributed by atoms with Crippen LogP contribution in [0.15, 0.2) is 28.7 Å². The number of benzene rings is 1. The SMILES string of the molecule is CNC1(CC(=O)c2cc3cccc(F)c3o2)CCCCC1. The molecule has 112 valence electrons. The average molecular weight is 289 g/mol. The van der Waals surface area contributed by atoms with E-state index >= 15 is 0 Å². The number of hydrogen-bond acceptors (Lipinski definition) is 3. The summed E-state index contributed by atoms with van der Waals surface area (Å²) in [4.78, 5) is 12.5. The molecule has 1 aliphatic rings. The van der Waals surface area contributed by atoms with Gasteiger partial charge < -0.3 is 9.73 Å². The molecule has 0 saturated heterocycles. The molecule has 1 saturated carbocycles. The Labute approximate surface area is 123 Å². The maximum absolute atomic E-state index is 13.6. The molecule has 4 heteroatoms.